The molecule has 1 unspecified atom stereocenters. The lowest BCUT2D eigenvalue weighted by Gasteiger charge is -2.35. The predicted octanol–water partition coefficient (Wildman–Crippen LogP) is 1.15. The fourth-order valence-corrected chi connectivity index (χ4v) is 2.12. The summed E-state index contributed by atoms with van der Waals surface area (Å²) in [5.74, 6) is 0. The molecule has 0 bridgehead atoms. The molecule has 88 valence electrons. The van der Waals surface area contributed by atoms with E-state index in [0.29, 0.717) is 12.6 Å². The van der Waals surface area contributed by atoms with Crippen molar-refractivity contribution in [1.29, 1.82) is 0 Å². The molecule has 2 rings (SSSR count). The maximum Gasteiger partial charge on any atom is 0.0634 e. The predicted molar refractivity (Wildman–Crippen MR) is 65.3 cm³/mol. The fourth-order valence-electron chi connectivity index (χ4n) is 2.12. The monoisotopic (exact) mass is 220 g/mol. The minimum Gasteiger partial charge on any atom is -0.378 e. The Bertz CT molecular complexity index is 340. The number of rotatable bonds is 3. The Labute approximate surface area is 97.2 Å². The van der Waals surface area contributed by atoms with Crippen molar-refractivity contribution in [3.63, 3.8) is 0 Å². The molecular formula is C13H20N2O. The van der Waals surface area contributed by atoms with Crippen molar-refractivity contribution in [3.05, 3.63) is 35.4 Å². The van der Waals surface area contributed by atoms with Gasteiger partial charge in [0, 0.05) is 25.7 Å². The molecule has 1 aliphatic heterocycles. The zero-order chi connectivity index (χ0) is 11.4. The van der Waals surface area contributed by atoms with Crippen LogP contribution in [0.1, 0.15) is 11.1 Å². The molecule has 0 saturated carbocycles. The van der Waals surface area contributed by atoms with Crippen LogP contribution < -0.4 is 5.73 Å². The molecule has 1 heterocycles. The first-order valence-electron chi connectivity index (χ1n) is 5.87. The largest absolute Gasteiger partial charge is 0.378 e. The van der Waals surface area contributed by atoms with E-state index in [-0.39, 0.29) is 0 Å². The van der Waals surface area contributed by atoms with Crippen LogP contribution in [0.2, 0.25) is 0 Å². The summed E-state index contributed by atoms with van der Waals surface area (Å²) in [6, 6.07) is 8.90. The molecule has 1 fully saturated rings. The first-order chi connectivity index (χ1) is 7.81. The first kappa shape index (κ1) is 11.6. The molecule has 2 N–H and O–H groups in total. The number of hydrogen-bond donors (Lipinski definition) is 1. The van der Waals surface area contributed by atoms with Crippen LogP contribution in [0.4, 0.5) is 0 Å². The highest BCUT2D eigenvalue weighted by molar-refractivity contribution is 5.25. The van der Waals surface area contributed by atoms with Crippen molar-refractivity contribution in [2.75, 3.05) is 26.3 Å². The van der Waals surface area contributed by atoms with Gasteiger partial charge >= 0.3 is 0 Å². The number of hydrogen-bond acceptors (Lipinski definition) is 3. The van der Waals surface area contributed by atoms with Gasteiger partial charge in [-0.25, -0.2) is 0 Å². The standard InChI is InChI=1S/C13H20N2O/c1-11-4-2-3-5-12(11)9-15-6-7-16-10-13(15)8-14/h2-5,13H,6-10,14H2,1H3. The van der Waals surface area contributed by atoms with Gasteiger partial charge in [-0.3, -0.25) is 4.90 Å². The normalized spacial score (nSPS) is 22.2. The molecule has 3 heteroatoms. The summed E-state index contributed by atoms with van der Waals surface area (Å²) in [5.41, 5.74) is 8.51. The summed E-state index contributed by atoms with van der Waals surface area (Å²) in [5, 5.41) is 0. The molecule has 0 aromatic heterocycles. The van der Waals surface area contributed by atoms with E-state index >= 15 is 0 Å². The highest BCUT2D eigenvalue weighted by Gasteiger charge is 2.21. The average Bonchev–Trinajstić information content (AvgIpc) is 2.33. The van der Waals surface area contributed by atoms with Crippen LogP contribution in [-0.2, 0) is 11.3 Å². The summed E-state index contributed by atoms with van der Waals surface area (Å²) in [7, 11) is 0. The molecule has 1 aliphatic rings. The van der Waals surface area contributed by atoms with Crippen molar-refractivity contribution in [3.8, 4) is 0 Å². The molecule has 0 aliphatic carbocycles. The Morgan fingerprint density at radius 1 is 1.44 bits per heavy atom. The Balaban J connectivity index is 2.05. The van der Waals surface area contributed by atoms with E-state index in [0.717, 1.165) is 26.3 Å². The summed E-state index contributed by atoms with van der Waals surface area (Å²) < 4.78 is 5.45. The van der Waals surface area contributed by atoms with E-state index in [9.17, 15) is 0 Å². The van der Waals surface area contributed by atoms with Crippen LogP contribution in [0.25, 0.3) is 0 Å². The fraction of sp³-hybridized carbons (Fsp3) is 0.538. The van der Waals surface area contributed by atoms with Gasteiger partial charge in [0.1, 0.15) is 0 Å². The quantitative estimate of drug-likeness (QED) is 0.830. The molecule has 1 aromatic rings. The molecule has 0 amide bonds. The van der Waals surface area contributed by atoms with Crippen molar-refractivity contribution in [2.45, 2.75) is 19.5 Å². The van der Waals surface area contributed by atoms with E-state index in [1.807, 2.05) is 0 Å². The van der Waals surface area contributed by atoms with Crippen LogP contribution in [0.5, 0.6) is 0 Å². The van der Waals surface area contributed by atoms with Gasteiger partial charge in [0.25, 0.3) is 0 Å². The minimum atomic E-state index is 0.369. The van der Waals surface area contributed by atoms with Crippen LogP contribution >= 0.6 is 0 Å². The number of benzene rings is 1. The number of nitrogens with two attached hydrogens (primary N) is 1. The van der Waals surface area contributed by atoms with Gasteiger partial charge < -0.3 is 10.5 Å². The van der Waals surface area contributed by atoms with Gasteiger partial charge in [-0.15, -0.1) is 0 Å². The SMILES string of the molecule is Cc1ccccc1CN1CCOCC1CN. The second-order valence-corrected chi connectivity index (χ2v) is 4.36. The number of nitrogens with zero attached hydrogens (tertiary/aromatic N) is 1. The lowest BCUT2D eigenvalue weighted by molar-refractivity contribution is -0.00800. The summed E-state index contributed by atoms with van der Waals surface area (Å²) in [6.07, 6.45) is 0. The van der Waals surface area contributed by atoms with Crippen molar-refractivity contribution < 1.29 is 4.74 Å². The second kappa shape index (κ2) is 5.43. The highest BCUT2D eigenvalue weighted by atomic mass is 16.5. The van der Waals surface area contributed by atoms with E-state index in [4.69, 9.17) is 10.5 Å². The minimum absolute atomic E-state index is 0.369. The lowest BCUT2D eigenvalue weighted by Crippen LogP contribution is -2.48. The number of aryl methyl sites for hydroxylation is 1. The van der Waals surface area contributed by atoms with Crippen molar-refractivity contribution >= 4 is 0 Å². The third-order valence-electron chi connectivity index (χ3n) is 3.26. The Hall–Kier alpha value is -0.900. The third kappa shape index (κ3) is 2.61. The molecular weight excluding hydrogens is 200 g/mol. The van der Waals surface area contributed by atoms with Crippen LogP contribution in [0, 0.1) is 6.92 Å². The topological polar surface area (TPSA) is 38.5 Å². The summed E-state index contributed by atoms with van der Waals surface area (Å²) in [6.45, 7) is 6.39. The molecule has 0 radical (unpaired) electrons. The molecule has 16 heavy (non-hydrogen) atoms. The Morgan fingerprint density at radius 2 is 2.25 bits per heavy atom. The zero-order valence-corrected chi connectivity index (χ0v) is 9.86. The van der Waals surface area contributed by atoms with E-state index < -0.39 is 0 Å². The number of ether oxygens (including phenoxy) is 1. The van der Waals surface area contributed by atoms with Crippen LogP contribution in [0.3, 0.4) is 0 Å². The van der Waals surface area contributed by atoms with Crippen molar-refractivity contribution in [2.24, 2.45) is 5.73 Å². The molecule has 1 atom stereocenters. The maximum atomic E-state index is 5.76. The summed E-state index contributed by atoms with van der Waals surface area (Å²) >= 11 is 0. The molecule has 1 aromatic carbocycles. The highest BCUT2D eigenvalue weighted by Crippen LogP contribution is 2.14. The van der Waals surface area contributed by atoms with Gasteiger partial charge in [0.15, 0.2) is 0 Å². The third-order valence-corrected chi connectivity index (χ3v) is 3.26. The van der Waals surface area contributed by atoms with Crippen LogP contribution in [-0.4, -0.2) is 37.2 Å². The van der Waals surface area contributed by atoms with E-state index in [2.05, 4.69) is 36.1 Å². The molecule has 1 saturated heterocycles. The van der Waals surface area contributed by atoms with Gasteiger partial charge in [-0.2, -0.15) is 0 Å². The zero-order valence-electron chi connectivity index (χ0n) is 9.86. The van der Waals surface area contributed by atoms with E-state index in [1.54, 1.807) is 0 Å². The first-order valence-corrected chi connectivity index (χ1v) is 5.87. The Kier molecular flexibility index (Phi) is 3.93. The average molecular weight is 220 g/mol. The summed E-state index contributed by atoms with van der Waals surface area (Å²) in [4.78, 5) is 2.42. The van der Waals surface area contributed by atoms with Gasteiger partial charge in [0.2, 0.25) is 0 Å². The lowest BCUT2D eigenvalue weighted by atomic mass is 10.1. The van der Waals surface area contributed by atoms with E-state index in [1.165, 1.54) is 11.1 Å². The molecule has 0 spiro atoms. The van der Waals surface area contributed by atoms with Gasteiger partial charge in [-0.05, 0) is 18.1 Å². The number of morpholine rings is 1. The van der Waals surface area contributed by atoms with Crippen molar-refractivity contribution in [1.82, 2.24) is 4.90 Å². The smallest absolute Gasteiger partial charge is 0.0634 e. The Morgan fingerprint density at radius 3 is 3.00 bits per heavy atom. The van der Waals surface area contributed by atoms with Gasteiger partial charge in [-0.1, -0.05) is 24.3 Å². The maximum absolute atomic E-state index is 5.76. The van der Waals surface area contributed by atoms with Gasteiger partial charge in [0.05, 0.1) is 13.2 Å². The van der Waals surface area contributed by atoms with Crippen LogP contribution in [0.15, 0.2) is 24.3 Å². The molecule has 3 nitrogen and oxygen atoms in total. The second-order valence-electron chi connectivity index (χ2n) is 4.36.